The molecule has 2 amide bonds. The number of hydrogen-bond donors (Lipinski definition) is 1. The number of amides is 2. The molecule has 166 valence electrons. The summed E-state index contributed by atoms with van der Waals surface area (Å²) in [4.78, 5) is 31.6. The summed E-state index contributed by atoms with van der Waals surface area (Å²) in [6, 6.07) is 24.5. The Kier molecular flexibility index (Phi) is 7.00. The van der Waals surface area contributed by atoms with Gasteiger partial charge in [-0.15, -0.1) is 0 Å². The molecule has 4 rings (SSSR count). The number of nitrogens with one attached hydrogen (secondary N) is 1. The molecule has 0 aromatic heterocycles. The summed E-state index contributed by atoms with van der Waals surface area (Å²) >= 11 is 1.16. The maximum atomic E-state index is 13.4. The fourth-order valence-corrected chi connectivity index (χ4v) is 4.18. The van der Waals surface area contributed by atoms with Crippen LogP contribution in [0.5, 0.6) is 0 Å². The van der Waals surface area contributed by atoms with Crippen LogP contribution in [0.25, 0.3) is 6.08 Å². The monoisotopic (exact) mass is 459 g/mol. The van der Waals surface area contributed by atoms with E-state index in [4.69, 9.17) is 0 Å². The molecule has 0 bridgehead atoms. The van der Waals surface area contributed by atoms with Gasteiger partial charge in [-0.25, -0.2) is 9.38 Å². The number of nitrogens with zero attached hydrogens (tertiary/aromatic N) is 2. The fourth-order valence-electron chi connectivity index (χ4n) is 3.36. The maximum absolute atomic E-state index is 13.4. The van der Waals surface area contributed by atoms with Gasteiger partial charge in [0.25, 0.3) is 5.91 Å². The van der Waals surface area contributed by atoms with Crippen molar-refractivity contribution in [2.45, 2.75) is 13.0 Å². The highest BCUT2D eigenvalue weighted by Gasteiger charge is 2.32. The molecule has 5 nitrogen and oxygen atoms in total. The number of benzene rings is 3. The highest BCUT2D eigenvalue weighted by atomic mass is 32.2. The first kappa shape index (κ1) is 22.5. The Morgan fingerprint density at radius 1 is 1.03 bits per heavy atom. The van der Waals surface area contributed by atoms with Crippen molar-refractivity contribution >= 4 is 40.5 Å². The van der Waals surface area contributed by atoms with Gasteiger partial charge in [0.2, 0.25) is 5.91 Å². The first-order valence-electron chi connectivity index (χ1n) is 10.4. The summed E-state index contributed by atoms with van der Waals surface area (Å²) in [6.07, 6.45) is 1.70. The SMILES string of the molecule is CC(NC(=O)CSC1=N/C(=C\c2ccccc2)C(=O)N1c1ccc(F)cc1)c1ccccc1. The molecule has 7 heteroatoms. The van der Waals surface area contributed by atoms with E-state index in [1.807, 2.05) is 67.6 Å². The molecule has 0 spiro atoms. The Morgan fingerprint density at radius 2 is 1.67 bits per heavy atom. The van der Waals surface area contributed by atoms with E-state index in [0.717, 1.165) is 22.9 Å². The first-order valence-corrected chi connectivity index (χ1v) is 11.4. The van der Waals surface area contributed by atoms with E-state index in [1.54, 1.807) is 6.08 Å². The first-order chi connectivity index (χ1) is 16.0. The summed E-state index contributed by atoms with van der Waals surface area (Å²) in [5.74, 6) is -0.817. The minimum Gasteiger partial charge on any atom is -0.349 e. The lowest BCUT2D eigenvalue weighted by atomic mass is 10.1. The molecule has 1 aliphatic heterocycles. The van der Waals surface area contributed by atoms with Crippen molar-refractivity contribution in [3.05, 3.63) is 108 Å². The number of thioether (sulfide) groups is 1. The van der Waals surface area contributed by atoms with E-state index < -0.39 is 5.82 Å². The lowest BCUT2D eigenvalue weighted by Crippen LogP contribution is -2.33. The summed E-state index contributed by atoms with van der Waals surface area (Å²) in [7, 11) is 0. The predicted molar refractivity (Wildman–Crippen MR) is 131 cm³/mol. The zero-order chi connectivity index (χ0) is 23.2. The van der Waals surface area contributed by atoms with Crippen LogP contribution in [0.1, 0.15) is 24.1 Å². The van der Waals surface area contributed by atoms with Gasteiger partial charge in [-0.1, -0.05) is 72.4 Å². The second-order valence-corrected chi connectivity index (χ2v) is 8.38. The van der Waals surface area contributed by atoms with Crippen LogP contribution in [-0.4, -0.2) is 22.7 Å². The zero-order valence-corrected chi connectivity index (χ0v) is 18.8. The molecule has 1 heterocycles. The number of rotatable bonds is 6. The number of hydrogen-bond acceptors (Lipinski definition) is 4. The number of carbonyl (C=O) groups is 2. The number of carbonyl (C=O) groups excluding carboxylic acids is 2. The van der Waals surface area contributed by atoms with Crippen molar-refractivity contribution in [1.29, 1.82) is 0 Å². The second-order valence-electron chi connectivity index (χ2n) is 7.44. The minimum absolute atomic E-state index is 0.0829. The average Bonchev–Trinajstić information content (AvgIpc) is 3.14. The molecule has 1 N–H and O–H groups in total. The third kappa shape index (κ3) is 5.56. The predicted octanol–water partition coefficient (Wildman–Crippen LogP) is 5.18. The molecule has 1 unspecified atom stereocenters. The lowest BCUT2D eigenvalue weighted by Gasteiger charge is -2.18. The Bertz CT molecular complexity index is 1200. The van der Waals surface area contributed by atoms with E-state index in [2.05, 4.69) is 10.3 Å². The van der Waals surface area contributed by atoms with Crippen molar-refractivity contribution in [3.8, 4) is 0 Å². The quantitative estimate of drug-likeness (QED) is 0.517. The molecule has 0 saturated carbocycles. The number of amidine groups is 1. The molecule has 3 aromatic rings. The Balaban J connectivity index is 1.52. The average molecular weight is 460 g/mol. The van der Waals surface area contributed by atoms with Crippen LogP contribution in [-0.2, 0) is 9.59 Å². The van der Waals surface area contributed by atoms with Gasteiger partial charge < -0.3 is 5.32 Å². The summed E-state index contributed by atoms with van der Waals surface area (Å²) < 4.78 is 13.4. The summed E-state index contributed by atoms with van der Waals surface area (Å²) in [6.45, 7) is 1.92. The molecule has 1 atom stereocenters. The normalized spacial score (nSPS) is 15.5. The molecule has 1 aliphatic rings. The number of halogens is 1. The van der Waals surface area contributed by atoms with Crippen LogP contribution in [0.15, 0.2) is 95.6 Å². The molecule has 0 radical (unpaired) electrons. The summed E-state index contributed by atoms with van der Waals surface area (Å²) in [5.41, 5.74) is 2.59. The second kappa shape index (κ2) is 10.3. The maximum Gasteiger partial charge on any atom is 0.283 e. The van der Waals surface area contributed by atoms with Crippen molar-refractivity contribution in [2.24, 2.45) is 4.99 Å². The van der Waals surface area contributed by atoms with Gasteiger partial charge in [0.15, 0.2) is 5.17 Å². The fraction of sp³-hybridized carbons (Fsp3) is 0.115. The van der Waals surface area contributed by atoms with Gasteiger partial charge in [0.05, 0.1) is 17.5 Å². The van der Waals surface area contributed by atoms with Gasteiger partial charge in [0.1, 0.15) is 11.5 Å². The van der Waals surface area contributed by atoms with Gasteiger partial charge in [-0.2, -0.15) is 0 Å². The number of aliphatic imine (C=N–C) groups is 1. The third-order valence-electron chi connectivity index (χ3n) is 5.03. The van der Waals surface area contributed by atoms with Crippen LogP contribution in [0, 0.1) is 5.82 Å². The van der Waals surface area contributed by atoms with Crippen molar-refractivity contribution in [2.75, 3.05) is 10.7 Å². The molecule has 0 aliphatic carbocycles. The number of anilines is 1. The highest BCUT2D eigenvalue weighted by molar-refractivity contribution is 8.14. The Hall–Kier alpha value is -3.71. The van der Waals surface area contributed by atoms with E-state index in [-0.39, 0.29) is 29.3 Å². The van der Waals surface area contributed by atoms with E-state index in [0.29, 0.717) is 10.9 Å². The summed E-state index contributed by atoms with van der Waals surface area (Å²) in [5, 5.41) is 3.33. The van der Waals surface area contributed by atoms with Gasteiger partial charge in [-0.3, -0.25) is 14.5 Å². The highest BCUT2D eigenvalue weighted by Crippen LogP contribution is 2.29. The Labute approximate surface area is 196 Å². The molecule has 0 saturated heterocycles. The largest absolute Gasteiger partial charge is 0.349 e. The minimum atomic E-state index is -0.397. The lowest BCUT2D eigenvalue weighted by molar-refractivity contribution is -0.119. The third-order valence-corrected chi connectivity index (χ3v) is 5.97. The van der Waals surface area contributed by atoms with Crippen LogP contribution in [0.3, 0.4) is 0 Å². The van der Waals surface area contributed by atoms with Gasteiger partial charge in [-0.05, 0) is 48.4 Å². The van der Waals surface area contributed by atoms with Crippen LogP contribution < -0.4 is 10.2 Å². The van der Waals surface area contributed by atoms with E-state index in [9.17, 15) is 14.0 Å². The molecular formula is C26H22FN3O2S. The topological polar surface area (TPSA) is 61.8 Å². The van der Waals surface area contributed by atoms with Crippen LogP contribution >= 0.6 is 11.8 Å². The molecule has 3 aromatic carbocycles. The molecular weight excluding hydrogens is 437 g/mol. The van der Waals surface area contributed by atoms with Gasteiger partial charge >= 0.3 is 0 Å². The Morgan fingerprint density at radius 3 is 2.33 bits per heavy atom. The molecule has 33 heavy (non-hydrogen) atoms. The smallest absolute Gasteiger partial charge is 0.283 e. The van der Waals surface area contributed by atoms with Crippen molar-refractivity contribution in [3.63, 3.8) is 0 Å². The molecule has 0 fully saturated rings. The van der Waals surface area contributed by atoms with E-state index >= 15 is 0 Å². The van der Waals surface area contributed by atoms with Crippen molar-refractivity contribution < 1.29 is 14.0 Å². The van der Waals surface area contributed by atoms with E-state index in [1.165, 1.54) is 29.2 Å². The van der Waals surface area contributed by atoms with Crippen molar-refractivity contribution in [1.82, 2.24) is 5.32 Å². The standard InChI is InChI=1S/C26H22FN3O2S/c1-18(20-10-6-3-7-11-20)28-24(31)17-33-26-29-23(16-19-8-4-2-5-9-19)25(32)30(26)22-14-12-21(27)13-15-22/h2-16,18H,17H2,1H3,(H,28,31)/b23-16-. The van der Waals surface area contributed by atoms with Crippen LogP contribution in [0.2, 0.25) is 0 Å². The van der Waals surface area contributed by atoms with Gasteiger partial charge in [0, 0.05) is 0 Å². The zero-order valence-electron chi connectivity index (χ0n) is 17.9. The van der Waals surface area contributed by atoms with Crippen LogP contribution in [0.4, 0.5) is 10.1 Å².